The molecule has 224 valence electrons. The fraction of sp³-hybridized carbons (Fsp3) is 0.433. The number of aliphatic hydroxyl groups excluding tert-OH is 1. The Hall–Kier alpha value is -4.49. The van der Waals surface area contributed by atoms with Crippen LogP contribution in [0, 0.1) is 0 Å². The molecule has 7 rings (SSSR count). The lowest BCUT2D eigenvalue weighted by atomic mass is 9.55. The number of cyclic esters (lactones) is 1. The minimum absolute atomic E-state index is 0.0965. The van der Waals surface area contributed by atoms with Crippen molar-refractivity contribution in [2.75, 3.05) is 13.3 Å². The second-order valence-electron chi connectivity index (χ2n) is 12.4. The standard InChI is InChI=1S/C30H31N5O8/c1-13(32-22(36)7-31)26(38)34-30(3)10-29(2,11-30)23-15-5-20-21(43-12-42-20)6-18(15)33-24-16(23)8-35-19(24)4-14-17(27(35)39)9-41-28(40)25(14)37/h4-6,13,25,37H,7-12,31H2,1-3H3,(H,32,36)(H,34,38). The van der Waals surface area contributed by atoms with E-state index in [0.717, 1.165) is 16.5 Å². The number of rotatable bonds is 5. The van der Waals surface area contributed by atoms with Crippen molar-refractivity contribution >= 4 is 28.7 Å². The van der Waals surface area contributed by atoms with E-state index >= 15 is 0 Å². The van der Waals surface area contributed by atoms with Gasteiger partial charge in [0.15, 0.2) is 17.6 Å². The van der Waals surface area contributed by atoms with Gasteiger partial charge in [0.2, 0.25) is 18.6 Å². The second-order valence-corrected chi connectivity index (χ2v) is 12.4. The topological polar surface area (TPSA) is 184 Å². The summed E-state index contributed by atoms with van der Waals surface area (Å²) in [6.07, 6.45) is -0.399. The van der Waals surface area contributed by atoms with Crippen LogP contribution in [0.25, 0.3) is 22.3 Å². The molecule has 2 atom stereocenters. The Labute approximate surface area is 245 Å². The summed E-state index contributed by atoms with van der Waals surface area (Å²) < 4.78 is 18.0. The van der Waals surface area contributed by atoms with Gasteiger partial charge in [0.1, 0.15) is 12.6 Å². The van der Waals surface area contributed by atoms with Crippen molar-refractivity contribution in [1.29, 1.82) is 0 Å². The van der Waals surface area contributed by atoms with E-state index in [-0.39, 0.29) is 49.1 Å². The molecule has 13 heteroatoms. The predicted molar refractivity (Wildman–Crippen MR) is 151 cm³/mol. The van der Waals surface area contributed by atoms with Crippen LogP contribution in [0.4, 0.5) is 0 Å². The van der Waals surface area contributed by atoms with Crippen molar-refractivity contribution in [3.05, 3.63) is 50.8 Å². The second kappa shape index (κ2) is 9.25. The summed E-state index contributed by atoms with van der Waals surface area (Å²) >= 11 is 0. The first kappa shape index (κ1) is 27.3. The highest BCUT2D eigenvalue weighted by molar-refractivity contribution is 5.93. The lowest BCUT2D eigenvalue weighted by Gasteiger charge is -2.54. The smallest absolute Gasteiger partial charge is 0.340 e. The molecule has 0 spiro atoms. The number of aromatic nitrogens is 2. The van der Waals surface area contributed by atoms with Gasteiger partial charge in [-0.05, 0) is 49.8 Å². The first-order valence-corrected chi connectivity index (χ1v) is 14.1. The minimum atomic E-state index is -1.55. The van der Waals surface area contributed by atoms with Crippen molar-refractivity contribution in [3.63, 3.8) is 0 Å². The number of hydrogen-bond donors (Lipinski definition) is 4. The molecule has 3 aliphatic heterocycles. The number of ether oxygens (including phenoxy) is 3. The molecular formula is C30H31N5O8. The van der Waals surface area contributed by atoms with Gasteiger partial charge in [-0.25, -0.2) is 9.78 Å². The van der Waals surface area contributed by atoms with Gasteiger partial charge in [-0.2, -0.15) is 0 Å². The number of aliphatic hydroxyl groups is 1. The van der Waals surface area contributed by atoms with Gasteiger partial charge in [-0.3, -0.25) is 14.4 Å². The summed E-state index contributed by atoms with van der Waals surface area (Å²) in [5.74, 6) is -0.353. The maximum atomic E-state index is 13.6. The lowest BCUT2D eigenvalue weighted by Crippen LogP contribution is -2.63. The summed E-state index contributed by atoms with van der Waals surface area (Å²) in [5.41, 5.74) is 8.10. The number of carbonyl (C=O) groups excluding carboxylic acids is 3. The van der Waals surface area contributed by atoms with Crippen molar-refractivity contribution in [2.24, 2.45) is 5.73 Å². The summed E-state index contributed by atoms with van der Waals surface area (Å²) in [6.45, 7) is 5.63. The van der Waals surface area contributed by atoms with Crippen molar-refractivity contribution in [2.45, 2.75) is 69.9 Å². The summed E-state index contributed by atoms with van der Waals surface area (Å²) in [7, 11) is 0. The highest BCUT2D eigenvalue weighted by atomic mass is 16.7. The number of amides is 2. The Morgan fingerprint density at radius 3 is 2.58 bits per heavy atom. The van der Waals surface area contributed by atoms with Crippen LogP contribution in [0.5, 0.6) is 11.5 Å². The van der Waals surface area contributed by atoms with Crippen molar-refractivity contribution < 1.29 is 33.7 Å². The van der Waals surface area contributed by atoms with Gasteiger partial charge < -0.3 is 40.3 Å². The molecule has 0 bridgehead atoms. The largest absolute Gasteiger partial charge is 0.458 e. The zero-order chi connectivity index (χ0) is 30.4. The molecule has 4 aliphatic rings. The number of benzene rings is 1. The molecule has 1 fully saturated rings. The molecule has 2 amide bonds. The van der Waals surface area contributed by atoms with E-state index in [2.05, 4.69) is 17.6 Å². The Morgan fingerprint density at radius 1 is 1.14 bits per heavy atom. The summed E-state index contributed by atoms with van der Waals surface area (Å²) in [6, 6.07) is 4.65. The highest BCUT2D eigenvalue weighted by Crippen LogP contribution is 2.55. The van der Waals surface area contributed by atoms with Crippen molar-refractivity contribution in [1.82, 2.24) is 20.2 Å². The van der Waals surface area contributed by atoms with Crippen LogP contribution in [0.15, 0.2) is 23.0 Å². The highest BCUT2D eigenvalue weighted by Gasteiger charge is 2.53. The van der Waals surface area contributed by atoms with Crippen LogP contribution in [0.3, 0.4) is 0 Å². The summed E-state index contributed by atoms with van der Waals surface area (Å²) in [4.78, 5) is 55.3. The van der Waals surface area contributed by atoms with Crippen LogP contribution in [-0.2, 0) is 37.7 Å². The molecule has 5 N–H and O–H groups in total. The molecular weight excluding hydrogens is 558 g/mol. The van der Waals surface area contributed by atoms with Gasteiger partial charge >= 0.3 is 5.97 Å². The van der Waals surface area contributed by atoms with E-state index in [9.17, 15) is 24.3 Å². The van der Waals surface area contributed by atoms with Gasteiger partial charge in [-0.15, -0.1) is 0 Å². The fourth-order valence-corrected chi connectivity index (χ4v) is 7.41. The number of fused-ring (bicyclic) bond motifs is 6. The number of esters is 1. The maximum Gasteiger partial charge on any atom is 0.340 e. The third kappa shape index (κ3) is 4.09. The normalized spacial score (nSPS) is 25.2. The van der Waals surface area contributed by atoms with Crippen LogP contribution in [0.2, 0.25) is 0 Å². The molecule has 3 aromatic rings. The van der Waals surface area contributed by atoms with Gasteiger partial charge in [0.25, 0.3) is 5.56 Å². The van der Waals surface area contributed by atoms with E-state index in [1.165, 1.54) is 0 Å². The van der Waals surface area contributed by atoms with E-state index < -0.39 is 35.0 Å². The molecule has 0 saturated heterocycles. The number of nitrogens with zero attached hydrogens (tertiary/aromatic N) is 2. The molecule has 0 radical (unpaired) electrons. The monoisotopic (exact) mass is 589 g/mol. The first-order valence-electron chi connectivity index (χ1n) is 14.1. The van der Waals surface area contributed by atoms with Crippen LogP contribution in [0.1, 0.15) is 62.0 Å². The quantitative estimate of drug-likeness (QED) is 0.241. The van der Waals surface area contributed by atoms with Gasteiger partial charge in [0, 0.05) is 28.1 Å². The number of pyridine rings is 2. The average Bonchev–Trinajstić information content (AvgIpc) is 3.55. The molecule has 1 aliphatic carbocycles. The van der Waals surface area contributed by atoms with Crippen LogP contribution < -0.4 is 31.4 Å². The lowest BCUT2D eigenvalue weighted by molar-refractivity contribution is -0.157. The predicted octanol–water partition coefficient (Wildman–Crippen LogP) is 0.634. The third-order valence-electron chi connectivity index (χ3n) is 9.00. The number of hydrogen-bond acceptors (Lipinski definition) is 10. The van der Waals surface area contributed by atoms with Crippen LogP contribution >= 0.6 is 0 Å². The SMILES string of the molecule is CC(NC(=O)CN)C(=O)NC1(C)CC(C)(c2c3c(nc4cc5c(cc24)OCO5)-c2cc4c(c(=O)n2C3)COC(=O)C4O)C1. The van der Waals surface area contributed by atoms with E-state index in [0.29, 0.717) is 41.2 Å². The Morgan fingerprint density at radius 2 is 1.86 bits per heavy atom. The number of carbonyl (C=O) groups is 3. The Balaban J connectivity index is 1.32. The van der Waals surface area contributed by atoms with Crippen molar-refractivity contribution in [3.8, 4) is 22.9 Å². The third-order valence-corrected chi connectivity index (χ3v) is 9.00. The van der Waals surface area contributed by atoms with E-state index in [1.54, 1.807) is 17.6 Å². The minimum Gasteiger partial charge on any atom is -0.458 e. The van der Waals surface area contributed by atoms with E-state index in [1.807, 2.05) is 19.1 Å². The first-order chi connectivity index (χ1) is 20.4. The Kier molecular flexibility index (Phi) is 5.89. The zero-order valence-electron chi connectivity index (χ0n) is 23.9. The number of nitrogens with one attached hydrogen (secondary N) is 2. The van der Waals surface area contributed by atoms with E-state index in [4.69, 9.17) is 24.9 Å². The maximum absolute atomic E-state index is 13.6. The Bertz CT molecular complexity index is 1830. The molecule has 43 heavy (non-hydrogen) atoms. The van der Waals surface area contributed by atoms with Gasteiger partial charge in [0.05, 0.1) is 35.6 Å². The molecule has 2 aromatic heterocycles. The molecule has 13 nitrogen and oxygen atoms in total. The molecule has 1 saturated carbocycles. The molecule has 2 unspecified atom stereocenters. The van der Waals surface area contributed by atoms with Gasteiger partial charge in [-0.1, -0.05) is 6.92 Å². The fourth-order valence-electron chi connectivity index (χ4n) is 7.41. The molecule has 5 heterocycles. The number of nitrogens with two attached hydrogens (primary N) is 1. The molecule has 1 aromatic carbocycles. The van der Waals surface area contributed by atoms with Crippen LogP contribution in [-0.4, -0.2) is 57.4 Å². The summed E-state index contributed by atoms with van der Waals surface area (Å²) in [5, 5.41) is 17.1. The zero-order valence-corrected chi connectivity index (χ0v) is 23.9. The average molecular weight is 590 g/mol.